The zero-order chi connectivity index (χ0) is 20.1. The van der Waals surface area contributed by atoms with Crippen molar-refractivity contribution in [1.82, 2.24) is 0 Å². The van der Waals surface area contributed by atoms with Crippen LogP contribution in [-0.4, -0.2) is 0 Å². The number of fused-ring (bicyclic) bond motifs is 4. The van der Waals surface area contributed by atoms with Gasteiger partial charge in [-0.25, -0.2) is 0 Å². The smallest absolute Gasteiger partial charge is 0.0720 e. The van der Waals surface area contributed by atoms with Gasteiger partial charge in [0.15, 0.2) is 0 Å². The maximum Gasteiger partial charge on any atom is 0.0720 e. The van der Waals surface area contributed by atoms with E-state index in [0.717, 1.165) is 5.02 Å². The van der Waals surface area contributed by atoms with Crippen LogP contribution in [0, 0.1) is 0 Å². The highest BCUT2D eigenvalue weighted by Crippen LogP contribution is 2.57. The average Bonchev–Trinajstić information content (AvgIpc) is 3.10. The number of rotatable bonds is 2. The molecule has 5 aromatic carbocycles. The molecule has 30 heavy (non-hydrogen) atoms. The third-order valence-electron chi connectivity index (χ3n) is 6.40. The molecule has 0 spiro atoms. The van der Waals surface area contributed by atoms with Crippen LogP contribution in [0.2, 0.25) is 5.02 Å². The van der Waals surface area contributed by atoms with Crippen molar-refractivity contribution in [3.8, 4) is 11.1 Å². The Morgan fingerprint density at radius 3 is 1.80 bits per heavy atom. The number of halogens is 1. The van der Waals surface area contributed by atoms with Gasteiger partial charge in [-0.05, 0) is 56.3 Å². The Hall–Kier alpha value is -3.35. The van der Waals surface area contributed by atoms with E-state index < -0.39 is 5.41 Å². The second-order valence-electron chi connectivity index (χ2n) is 7.88. The van der Waals surface area contributed by atoms with Crippen LogP contribution in [0.3, 0.4) is 0 Å². The molecule has 0 saturated heterocycles. The molecule has 0 aromatic heterocycles. The molecule has 6 rings (SSSR count). The Morgan fingerprint density at radius 1 is 0.500 bits per heavy atom. The number of hydrogen-bond acceptors (Lipinski definition) is 0. The SMILES string of the molecule is Clc1cccc(C2(c3cccc4ccccc34)c3ccccc3-c3ccccc32)c1. The van der Waals surface area contributed by atoms with Gasteiger partial charge >= 0.3 is 0 Å². The summed E-state index contributed by atoms with van der Waals surface area (Å²) < 4.78 is 0. The molecule has 0 saturated carbocycles. The molecule has 0 amide bonds. The summed E-state index contributed by atoms with van der Waals surface area (Å²) >= 11 is 6.55. The van der Waals surface area contributed by atoms with Crippen LogP contribution < -0.4 is 0 Å². The molecule has 0 radical (unpaired) electrons. The van der Waals surface area contributed by atoms with Crippen molar-refractivity contribution in [3.05, 3.63) is 143 Å². The monoisotopic (exact) mass is 402 g/mol. The lowest BCUT2D eigenvalue weighted by atomic mass is 9.66. The number of hydrogen-bond donors (Lipinski definition) is 0. The summed E-state index contributed by atoms with van der Waals surface area (Å²) in [5, 5.41) is 3.28. The van der Waals surface area contributed by atoms with Crippen molar-refractivity contribution < 1.29 is 0 Å². The van der Waals surface area contributed by atoms with Gasteiger partial charge in [0.25, 0.3) is 0 Å². The van der Waals surface area contributed by atoms with E-state index in [9.17, 15) is 0 Å². The molecule has 0 heterocycles. The van der Waals surface area contributed by atoms with Gasteiger partial charge in [0.1, 0.15) is 0 Å². The Balaban J connectivity index is 1.86. The maximum absolute atomic E-state index is 6.55. The normalized spacial score (nSPS) is 13.8. The molecule has 5 aromatic rings. The molecule has 0 N–H and O–H groups in total. The number of benzene rings is 5. The van der Waals surface area contributed by atoms with Crippen molar-refractivity contribution in [2.24, 2.45) is 0 Å². The first-order chi connectivity index (χ1) is 14.8. The first-order valence-corrected chi connectivity index (χ1v) is 10.6. The van der Waals surface area contributed by atoms with Crippen LogP contribution in [0.1, 0.15) is 22.3 Å². The van der Waals surface area contributed by atoms with Crippen molar-refractivity contribution in [2.45, 2.75) is 5.41 Å². The summed E-state index contributed by atoms with van der Waals surface area (Å²) in [6.07, 6.45) is 0. The average molecular weight is 403 g/mol. The third kappa shape index (κ3) is 2.29. The summed E-state index contributed by atoms with van der Waals surface area (Å²) in [5.74, 6) is 0. The highest BCUT2D eigenvalue weighted by molar-refractivity contribution is 6.30. The van der Waals surface area contributed by atoms with Crippen LogP contribution in [0.25, 0.3) is 21.9 Å². The molecule has 142 valence electrons. The Labute approximate surface area is 181 Å². The lowest BCUT2D eigenvalue weighted by molar-refractivity contribution is 0.776. The first-order valence-electron chi connectivity index (χ1n) is 10.2. The van der Waals surface area contributed by atoms with Crippen LogP contribution in [0.15, 0.2) is 115 Å². The van der Waals surface area contributed by atoms with E-state index in [0.29, 0.717) is 0 Å². The highest BCUT2D eigenvalue weighted by Gasteiger charge is 2.46. The molecule has 1 aliphatic carbocycles. The van der Waals surface area contributed by atoms with Crippen LogP contribution in [0.4, 0.5) is 0 Å². The summed E-state index contributed by atoms with van der Waals surface area (Å²) in [5.41, 5.74) is 7.28. The zero-order valence-electron chi connectivity index (χ0n) is 16.3. The fourth-order valence-corrected chi connectivity index (χ4v) is 5.46. The lowest BCUT2D eigenvalue weighted by Gasteiger charge is -2.35. The molecule has 1 aliphatic rings. The standard InChI is InChI=1S/C29H19Cl/c30-22-12-8-11-21(19-22)29(26-18-7-10-20-9-1-2-13-23(20)26)27-16-5-3-14-24(27)25-15-4-6-17-28(25)29/h1-19H. The fourth-order valence-electron chi connectivity index (χ4n) is 5.27. The molecule has 0 fully saturated rings. The van der Waals surface area contributed by atoms with Crippen molar-refractivity contribution in [3.63, 3.8) is 0 Å². The van der Waals surface area contributed by atoms with Gasteiger partial charge in [0.05, 0.1) is 5.41 Å². The van der Waals surface area contributed by atoms with E-state index in [2.05, 4.69) is 109 Å². The zero-order valence-corrected chi connectivity index (χ0v) is 17.1. The quantitative estimate of drug-likeness (QED) is 0.276. The van der Waals surface area contributed by atoms with E-state index in [1.807, 2.05) is 6.07 Å². The van der Waals surface area contributed by atoms with E-state index in [1.54, 1.807) is 0 Å². The van der Waals surface area contributed by atoms with Gasteiger partial charge < -0.3 is 0 Å². The van der Waals surface area contributed by atoms with E-state index >= 15 is 0 Å². The minimum absolute atomic E-state index is 0.418. The molecule has 0 aliphatic heterocycles. The molecular formula is C29H19Cl. The van der Waals surface area contributed by atoms with Gasteiger partial charge in [-0.1, -0.05) is 115 Å². The minimum atomic E-state index is -0.418. The summed E-state index contributed by atoms with van der Waals surface area (Å²) in [6, 6.07) is 41.3. The second kappa shape index (κ2) is 6.58. The molecule has 0 atom stereocenters. The van der Waals surface area contributed by atoms with Crippen molar-refractivity contribution in [2.75, 3.05) is 0 Å². The Bertz CT molecular complexity index is 1360. The maximum atomic E-state index is 6.55. The third-order valence-corrected chi connectivity index (χ3v) is 6.64. The van der Waals surface area contributed by atoms with Crippen LogP contribution in [0.5, 0.6) is 0 Å². The first kappa shape index (κ1) is 17.5. The van der Waals surface area contributed by atoms with Gasteiger partial charge in [0.2, 0.25) is 0 Å². The fraction of sp³-hybridized carbons (Fsp3) is 0.0345. The molecule has 0 unspecified atom stereocenters. The van der Waals surface area contributed by atoms with E-state index in [4.69, 9.17) is 11.6 Å². The molecule has 0 nitrogen and oxygen atoms in total. The predicted octanol–water partition coefficient (Wildman–Crippen LogP) is 7.86. The molecule has 0 bridgehead atoms. The van der Waals surface area contributed by atoms with Crippen LogP contribution in [-0.2, 0) is 5.41 Å². The summed E-state index contributed by atoms with van der Waals surface area (Å²) in [7, 11) is 0. The van der Waals surface area contributed by atoms with Crippen molar-refractivity contribution in [1.29, 1.82) is 0 Å². The largest absolute Gasteiger partial charge is 0.0843 e. The van der Waals surface area contributed by atoms with Crippen LogP contribution >= 0.6 is 11.6 Å². The van der Waals surface area contributed by atoms with Gasteiger partial charge in [-0.2, -0.15) is 0 Å². The van der Waals surface area contributed by atoms with Gasteiger partial charge in [0, 0.05) is 5.02 Å². The highest BCUT2D eigenvalue weighted by atomic mass is 35.5. The predicted molar refractivity (Wildman–Crippen MR) is 126 cm³/mol. The van der Waals surface area contributed by atoms with Crippen molar-refractivity contribution >= 4 is 22.4 Å². The van der Waals surface area contributed by atoms with Gasteiger partial charge in [-0.3, -0.25) is 0 Å². The summed E-state index contributed by atoms with van der Waals surface area (Å²) in [4.78, 5) is 0. The Kier molecular flexibility index (Phi) is 3.84. The lowest BCUT2D eigenvalue weighted by Crippen LogP contribution is -2.28. The van der Waals surface area contributed by atoms with Gasteiger partial charge in [-0.15, -0.1) is 0 Å². The minimum Gasteiger partial charge on any atom is -0.0843 e. The molecular weight excluding hydrogens is 384 g/mol. The molecule has 1 heteroatoms. The Morgan fingerprint density at radius 2 is 1.07 bits per heavy atom. The summed E-state index contributed by atoms with van der Waals surface area (Å²) in [6.45, 7) is 0. The topological polar surface area (TPSA) is 0 Å². The van der Waals surface area contributed by atoms with E-state index in [-0.39, 0.29) is 0 Å². The van der Waals surface area contributed by atoms with E-state index in [1.165, 1.54) is 44.2 Å². The second-order valence-corrected chi connectivity index (χ2v) is 8.31.